The maximum atomic E-state index is 13.7. The predicted octanol–water partition coefficient (Wildman–Crippen LogP) is 2.45. The minimum absolute atomic E-state index is 0.0742. The van der Waals surface area contributed by atoms with Gasteiger partial charge >= 0.3 is 5.97 Å². The molecule has 0 saturated carbocycles. The maximum Gasteiger partial charge on any atom is 0.352 e. The van der Waals surface area contributed by atoms with Gasteiger partial charge in [0.15, 0.2) is 12.3 Å². The van der Waals surface area contributed by atoms with Gasteiger partial charge in [-0.05, 0) is 65.6 Å². The van der Waals surface area contributed by atoms with Crippen molar-refractivity contribution in [2.45, 2.75) is 32.5 Å². The van der Waals surface area contributed by atoms with Crippen LogP contribution in [0.15, 0.2) is 66.4 Å². The van der Waals surface area contributed by atoms with E-state index in [-0.39, 0.29) is 29.2 Å². The highest BCUT2D eigenvalue weighted by Crippen LogP contribution is 2.51. The standard InChI is InChI=1S/C39H39N5O7/c1-21-32(35(39(50)51)42-34(21)33(22(2)45)38(42)49)24-7-9-27-29-16-23(6-8-28(29)36(47)30(27)18-24)19-43-10-13-44(14-11-43,15-12-43)20-31(46)41-26-5-3-4-25(17-26)37(40)48/h3-9,16-18,21-22,33-34,45H,10-15,19-20H2,1-2H3,(H2-2,40,41,46,48,50,51)/p+2/t21-,22+,33+,34+,43?,44?/m0/s1. The molecule has 12 nitrogen and oxygen atoms in total. The minimum Gasteiger partial charge on any atom is -0.477 e. The van der Waals surface area contributed by atoms with E-state index in [9.17, 15) is 34.2 Å². The molecule has 0 radical (unpaired) electrons. The number of hydrogen-bond acceptors (Lipinski definition) is 6. The molecular weight excluding hydrogens is 650 g/mol. The molecule has 51 heavy (non-hydrogen) atoms. The number of nitrogens with zero attached hydrogens (tertiary/aromatic N) is 3. The number of piperazine rings is 3. The van der Waals surface area contributed by atoms with Crippen molar-refractivity contribution in [2.75, 3.05) is 51.1 Å². The lowest BCUT2D eigenvalue weighted by Crippen LogP contribution is -2.75. The van der Waals surface area contributed by atoms with E-state index in [0.717, 1.165) is 71.5 Å². The van der Waals surface area contributed by atoms with Gasteiger partial charge in [-0.15, -0.1) is 0 Å². The van der Waals surface area contributed by atoms with Crippen LogP contribution in [0.1, 0.15) is 51.3 Å². The summed E-state index contributed by atoms with van der Waals surface area (Å²) in [6.07, 6.45) is -0.894. The largest absolute Gasteiger partial charge is 0.477 e. The number of β-lactam (4-membered cyclic amide) rings is 1. The molecule has 6 aliphatic rings. The Hall–Kier alpha value is -5.17. The second-order valence-electron chi connectivity index (χ2n) is 15.1. The van der Waals surface area contributed by atoms with Crippen molar-refractivity contribution in [3.05, 3.63) is 94.2 Å². The third kappa shape index (κ3) is 5.19. The van der Waals surface area contributed by atoms with Crippen molar-refractivity contribution < 1.29 is 43.2 Å². The number of aliphatic hydroxyl groups excluding tert-OH is 1. The highest BCUT2D eigenvalue weighted by atomic mass is 16.4. The van der Waals surface area contributed by atoms with Crippen LogP contribution >= 0.6 is 0 Å². The summed E-state index contributed by atoms with van der Waals surface area (Å²) in [6, 6.07) is 17.8. The molecule has 2 bridgehead atoms. The fraction of sp³-hybridized carbons (Fsp3) is 0.359. The van der Waals surface area contributed by atoms with E-state index < -0.39 is 29.9 Å². The van der Waals surface area contributed by atoms with Gasteiger partial charge in [0.1, 0.15) is 51.5 Å². The zero-order chi connectivity index (χ0) is 36.0. The molecule has 3 aromatic rings. The lowest BCUT2D eigenvalue weighted by molar-refractivity contribution is -1.08. The number of aliphatic carboxylic acids is 1. The highest BCUT2D eigenvalue weighted by molar-refractivity contribution is 6.22. The number of carboxylic acid groups (broad SMARTS) is 1. The van der Waals surface area contributed by atoms with Crippen molar-refractivity contribution >= 4 is 40.7 Å². The fourth-order valence-electron chi connectivity index (χ4n) is 9.40. The first-order chi connectivity index (χ1) is 24.3. The van der Waals surface area contributed by atoms with Crippen molar-refractivity contribution in [3.63, 3.8) is 0 Å². The van der Waals surface area contributed by atoms with Crippen LogP contribution < -0.4 is 11.1 Å². The molecule has 5 N–H and O–H groups in total. The first-order valence-corrected chi connectivity index (χ1v) is 17.5. The average Bonchev–Trinajstić information content (AvgIpc) is 3.52. The number of carbonyl (C=O) groups is 5. The van der Waals surface area contributed by atoms with Gasteiger partial charge in [-0.3, -0.25) is 19.2 Å². The Kier molecular flexibility index (Phi) is 7.56. The Labute approximate surface area is 294 Å². The number of anilines is 1. The summed E-state index contributed by atoms with van der Waals surface area (Å²) in [7, 11) is 0. The normalized spacial score (nSPS) is 27.8. The van der Waals surface area contributed by atoms with Gasteiger partial charge in [0.05, 0.1) is 18.1 Å². The van der Waals surface area contributed by atoms with Crippen LogP contribution in [0.25, 0.3) is 16.7 Å². The summed E-state index contributed by atoms with van der Waals surface area (Å²) >= 11 is 0. The number of hydrogen-bond donors (Lipinski definition) is 4. The van der Waals surface area contributed by atoms with E-state index in [1.54, 1.807) is 37.3 Å². The highest BCUT2D eigenvalue weighted by Gasteiger charge is 2.60. The number of nitrogens with one attached hydrogen (secondary N) is 1. The third-order valence-corrected chi connectivity index (χ3v) is 12.1. The topological polar surface area (TPSA) is 167 Å². The van der Waals surface area contributed by atoms with Crippen LogP contribution in [-0.2, 0) is 20.9 Å². The van der Waals surface area contributed by atoms with Gasteiger partial charge in [0.2, 0.25) is 11.8 Å². The number of quaternary nitrogens is 2. The van der Waals surface area contributed by atoms with Crippen molar-refractivity contribution in [1.29, 1.82) is 0 Å². The maximum absolute atomic E-state index is 13.7. The van der Waals surface area contributed by atoms with Crippen molar-refractivity contribution in [2.24, 2.45) is 17.6 Å². The van der Waals surface area contributed by atoms with Crippen molar-refractivity contribution in [3.8, 4) is 11.1 Å². The van der Waals surface area contributed by atoms with E-state index in [1.165, 1.54) is 4.90 Å². The Morgan fingerprint density at radius 3 is 2.25 bits per heavy atom. The van der Waals surface area contributed by atoms with Crippen LogP contribution in [0, 0.1) is 11.8 Å². The molecule has 0 spiro atoms. The summed E-state index contributed by atoms with van der Waals surface area (Å²) < 4.78 is 1.66. The Balaban J connectivity index is 0.979. The van der Waals surface area contributed by atoms with Crippen LogP contribution in [-0.4, -0.2) is 112 Å². The number of aliphatic hydroxyl groups is 1. The molecule has 4 fully saturated rings. The molecule has 4 saturated heterocycles. The number of primary amides is 1. The summed E-state index contributed by atoms with van der Waals surface area (Å²) in [4.78, 5) is 64.9. The predicted molar refractivity (Wildman–Crippen MR) is 187 cm³/mol. The number of amides is 3. The lowest BCUT2D eigenvalue weighted by Gasteiger charge is -2.55. The Morgan fingerprint density at radius 2 is 1.59 bits per heavy atom. The molecule has 1 aliphatic carbocycles. The molecule has 4 atom stereocenters. The monoisotopic (exact) mass is 691 g/mol. The zero-order valence-corrected chi connectivity index (χ0v) is 28.6. The van der Waals surface area contributed by atoms with Gasteiger partial charge in [0, 0.05) is 33.9 Å². The molecular formula is C39H41N5O7+2. The number of ketones is 1. The van der Waals surface area contributed by atoms with Crippen LogP contribution in [0.5, 0.6) is 0 Å². The number of carbonyl (C=O) groups excluding carboxylic acids is 4. The van der Waals surface area contributed by atoms with E-state index in [2.05, 4.69) is 11.4 Å². The molecule has 262 valence electrons. The molecule has 5 heterocycles. The number of rotatable bonds is 9. The molecule has 5 aliphatic heterocycles. The molecule has 9 rings (SSSR count). The lowest BCUT2D eigenvalue weighted by atomic mass is 9.76. The first-order valence-electron chi connectivity index (χ1n) is 17.5. The number of carboxylic acids is 1. The van der Waals surface area contributed by atoms with Gasteiger partial charge < -0.3 is 35.1 Å². The zero-order valence-electron chi connectivity index (χ0n) is 28.6. The molecule has 12 heteroatoms. The SMILES string of the molecule is C[C@@H](O)[C@H]1C(=O)N2C(C(=O)O)=C(c3ccc4c(c3)C(=O)c3ccc(C[N+]56CC[N+](CC(=O)Nc7cccc(C(N)=O)c7)(CC5)CC6)cc3-4)[C@H](C)[C@H]12. The van der Waals surface area contributed by atoms with Gasteiger partial charge in [-0.2, -0.15) is 0 Å². The number of nitrogens with two attached hydrogens (primary N) is 1. The second kappa shape index (κ2) is 11.7. The number of fused-ring (bicyclic) bond motifs is 7. The third-order valence-electron chi connectivity index (χ3n) is 12.1. The molecule has 3 amide bonds. The van der Waals surface area contributed by atoms with E-state index in [0.29, 0.717) is 40.1 Å². The number of benzene rings is 3. The van der Waals surface area contributed by atoms with E-state index in [4.69, 9.17) is 5.73 Å². The second-order valence-corrected chi connectivity index (χ2v) is 15.1. The first kappa shape index (κ1) is 33.0. The van der Waals surface area contributed by atoms with Gasteiger partial charge in [0.25, 0.3) is 5.91 Å². The molecule has 3 aromatic carbocycles. The summed E-state index contributed by atoms with van der Waals surface area (Å²) in [5.41, 5.74) is 11.3. The van der Waals surface area contributed by atoms with Gasteiger partial charge in [-0.25, -0.2) is 4.79 Å². The minimum atomic E-state index is -1.20. The average molecular weight is 692 g/mol. The smallest absolute Gasteiger partial charge is 0.352 e. The molecule has 0 unspecified atom stereocenters. The fourth-order valence-corrected chi connectivity index (χ4v) is 9.40. The summed E-state index contributed by atoms with van der Waals surface area (Å²) in [5.74, 6) is -3.31. The van der Waals surface area contributed by atoms with Crippen LogP contribution in [0.4, 0.5) is 5.69 Å². The summed E-state index contributed by atoms with van der Waals surface area (Å²) in [6.45, 7) is 10.1. The van der Waals surface area contributed by atoms with Gasteiger partial charge in [-0.1, -0.05) is 31.2 Å². The van der Waals surface area contributed by atoms with E-state index >= 15 is 0 Å². The van der Waals surface area contributed by atoms with Crippen molar-refractivity contribution in [1.82, 2.24) is 4.90 Å². The summed E-state index contributed by atoms with van der Waals surface area (Å²) in [5, 5.41) is 23.3. The Bertz CT molecular complexity index is 2080. The Morgan fingerprint density at radius 1 is 0.902 bits per heavy atom. The van der Waals surface area contributed by atoms with E-state index in [1.807, 2.05) is 31.2 Å². The van der Waals surface area contributed by atoms with Crippen LogP contribution in [0.3, 0.4) is 0 Å². The molecule has 0 aromatic heterocycles. The quantitative estimate of drug-likeness (QED) is 0.155. The van der Waals surface area contributed by atoms with Crippen LogP contribution in [0.2, 0.25) is 0 Å².